The van der Waals surface area contributed by atoms with Crippen molar-refractivity contribution < 1.29 is 14.6 Å². The number of aliphatic hydroxyl groups excluding tert-OH is 1. The average molecular weight is 315 g/mol. The van der Waals surface area contributed by atoms with Crippen LogP contribution in [-0.4, -0.2) is 52.5 Å². The molecular formula is C17H21N3O3. The van der Waals surface area contributed by atoms with Crippen molar-refractivity contribution in [3.05, 3.63) is 48.7 Å². The Morgan fingerprint density at radius 2 is 2.22 bits per heavy atom. The first-order chi connectivity index (χ1) is 11.1. The van der Waals surface area contributed by atoms with Gasteiger partial charge in [-0.3, -0.25) is 9.48 Å². The SMILES string of the molecule is C=CCN(CCO)C(=O)c1cn(C)nc1-c1ccccc1OC. The van der Waals surface area contributed by atoms with E-state index < -0.39 is 0 Å². The van der Waals surface area contributed by atoms with Crippen LogP contribution in [0.4, 0.5) is 0 Å². The molecule has 6 nitrogen and oxygen atoms in total. The first-order valence-corrected chi connectivity index (χ1v) is 7.30. The largest absolute Gasteiger partial charge is 0.496 e. The molecule has 0 radical (unpaired) electrons. The Kier molecular flexibility index (Phi) is 5.54. The van der Waals surface area contributed by atoms with Gasteiger partial charge in [-0.1, -0.05) is 18.2 Å². The highest BCUT2D eigenvalue weighted by atomic mass is 16.5. The van der Waals surface area contributed by atoms with E-state index in [0.717, 1.165) is 5.56 Å². The molecule has 2 aromatic rings. The number of hydrogen-bond acceptors (Lipinski definition) is 4. The highest BCUT2D eigenvalue weighted by Crippen LogP contribution is 2.31. The van der Waals surface area contributed by atoms with Gasteiger partial charge in [-0.25, -0.2) is 0 Å². The molecule has 2 rings (SSSR count). The maximum Gasteiger partial charge on any atom is 0.258 e. The van der Waals surface area contributed by atoms with Crippen molar-refractivity contribution in [2.24, 2.45) is 7.05 Å². The molecule has 1 aromatic heterocycles. The van der Waals surface area contributed by atoms with Gasteiger partial charge in [0.15, 0.2) is 0 Å². The Labute approximate surface area is 135 Å². The second-order valence-electron chi connectivity index (χ2n) is 5.03. The zero-order valence-electron chi connectivity index (χ0n) is 13.4. The Morgan fingerprint density at radius 1 is 1.48 bits per heavy atom. The van der Waals surface area contributed by atoms with Crippen molar-refractivity contribution in [1.29, 1.82) is 0 Å². The lowest BCUT2D eigenvalue weighted by atomic mass is 10.1. The molecule has 0 aliphatic heterocycles. The van der Waals surface area contributed by atoms with Gasteiger partial charge in [0.05, 0.1) is 19.3 Å². The second kappa shape index (κ2) is 7.60. The Bertz CT molecular complexity index is 694. The summed E-state index contributed by atoms with van der Waals surface area (Å²) in [6.45, 7) is 4.15. The molecule has 1 heterocycles. The highest BCUT2D eigenvalue weighted by Gasteiger charge is 2.23. The van der Waals surface area contributed by atoms with Crippen molar-refractivity contribution in [2.45, 2.75) is 0 Å². The normalized spacial score (nSPS) is 10.4. The van der Waals surface area contributed by atoms with Crippen LogP contribution in [0.1, 0.15) is 10.4 Å². The molecule has 6 heteroatoms. The van der Waals surface area contributed by atoms with E-state index in [9.17, 15) is 4.79 Å². The molecule has 0 aliphatic rings. The summed E-state index contributed by atoms with van der Waals surface area (Å²) in [5.74, 6) is 0.450. The average Bonchev–Trinajstić information content (AvgIpc) is 2.95. The van der Waals surface area contributed by atoms with E-state index in [0.29, 0.717) is 23.6 Å². The van der Waals surface area contributed by atoms with Gasteiger partial charge in [0, 0.05) is 31.9 Å². The molecule has 1 aromatic carbocycles. The monoisotopic (exact) mass is 315 g/mol. The lowest BCUT2D eigenvalue weighted by Gasteiger charge is -2.20. The van der Waals surface area contributed by atoms with Gasteiger partial charge in [-0.2, -0.15) is 5.10 Å². The van der Waals surface area contributed by atoms with Crippen LogP contribution in [-0.2, 0) is 7.05 Å². The topological polar surface area (TPSA) is 67.6 Å². The number of aromatic nitrogens is 2. The van der Waals surface area contributed by atoms with E-state index in [1.54, 1.807) is 31.1 Å². The highest BCUT2D eigenvalue weighted by molar-refractivity contribution is 6.00. The van der Waals surface area contributed by atoms with Crippen LogP contribution in [0.25, 0.3) is 11.3 Å². The summed E-state index contributed by atoms with van der Waals surface area (Å²) in [7, 11) is 3.35. The van der Waals surface area contributed by atoms with Gasteiger partial charge in [0.25, 0.3) is 5.91 Å². The van der Waals surface area contributed by atoms with E-state index in [4.69, 9.17) is 9.84 Å². The molecule has 0 saturated carbocycles. The molecule has 1 amide bonds. The van der Waals surface area contributed by atoms with E-state index in [1.807, 2.05) is 24.3 Å². The summed E-state index contributed by atoms with van der Waals surface area (Å²) < 4.78 is 6.97. The third-order valence-electron chi connectivity index (χ3n) is 3.43. The molecule has 0 saturated heterocycles. The van der Waals surface area contributed by atoms with E-state index in [-0.39, 0.29) is 19.1 Å². The number of rotatable bonds is 7. The lowest BCUT2D eigenvalue weighted by Crippen LogP contribution is -2.33. The smallest absolute Gasteiger partial charge is 0.258 e. The fourth-order valence-corrected chi connectivity index (χ4v) is 2.41. The van der Waals surface area contributed by atoms with Gasteiger partial charge in [-0.15, -0.1) is 6.58 Å². The van der Waals surface area contributed by atoms with Crippen LogP contribution in [0.15, 0.2) is 43.1 Å². The molecule has 1 N–H and O–H groups in total. The number of hydrogen-bond donors (Lipinski definition) is 1. The van der Waals surface area contributed by atoms with Crippen LogP contribution < -0.4 is 4.74 Å². The van der Waals surface area contributed by atoms with E-state index >= 15 is 0 Å². The van der Waals surface area contributed by atoms with Crippen molar-refractivity contribution in [2.75, 3.05) is 26.8 Å². The minimum atomic E-state index is -0.201. The number of ether oxygens (including phenoxy) is 1. The number of carbonyl (C=O) groups excluding carboxylic acids is 1. The number of nitrogens with zero attached hydrogens (tertiary/aromatic N) is 3. The van der Waals surface area contributed by atoms with Crippen LogP contribution in [0, 0.1) is 0 Å². The maximum absolute atomic E-state index is 12.8. The Balaban J connectivity index is 2.48. The third kappa shape index (κ3) is 3.60. The predicted octanol–water partition coefficient (Wildman–Crippen LogP) is 1.72. The Hall–Kier alpha value is -2.60. The molecular weight excluding hydrogens is 294 g/mol. The van der Waals surface area contributed by atoms with Gasteiger partial charge in [0.2, 0.25) is 0 Å². The van der Waals surface area contributed by atoms with Crippen LogP contribution >= 0.6 is 0 Å². The summed E-state index contributed by atoms with van der Waals surface area (Å²) in [4.78, 5) is 14.3. The van der Waals surface area contributed by atoms with Crippen molar-refractivity contribution in [3.63, 3.8) is 0 Å². The van der Waals surface area contributed by atoms with E-state index in [2.05, 4.69) is 11.7 Å². The zero-order valence-corrected chi connectivity index (χ0v) is 13.4. The third-order valence-corrected chi connectivity index (χ3v) is 3.43. The fourth-order valence-electron chi connectivity index (χ4n) is 2.41. The van der Waals surface area contributed by atoms with Gasteiger partial charge in [0.1, 0.15) is 11.4 Å². The summed E-state index contributed by atoms with van der Waals surface area (Å²) >= 11 is 0. The quantitative estimate of drug-likeness (QED) is 0.790. The molecule has 0 fully saturated rings. The minimum Gasteiger partial charge on any atom is -0.496 e. The second-order valence-corrected chi connectivity index (χ2v) is 5.03. The van der Waals surface area contributed by atoms with Gasteiger partial charge in [-0.05, 0) is 12.1 Å². The maximum atomic E-state index is 12.8. The van der Waals surface area contributed by atoms with Gasteiger partial charge < -0.3 is 14.7 Å². The summed E-state index contributed by atoms with van der Waals surface area (Å²) in [5.41, 5.74) is 1.77. The van der Waals surface area contributed by atoms with Crippen LogP contribution in [0.3, 0.4) is 0 Å². The lowest BCUT2D eigenvalue weighted by molar-refractivity contribution is 0.0743. The predicted molar refractivity (Wildman–Crippen MR) is 88.4 cm³/mol. The Morgan fingerprint density at radius 3 is 2.87 bits per heavy atom. The number of aliphatic hydroxyl groups is 1. The summed E-state index contributed by atoms with van der Waals surface area (Å²) in [6.07, 6.45) is 3.31. The van der Waals surface area contributed by atoms with Crippen LogP contribution in [0.2, 0.25) is 0 Å². The summed E-state index contributed by atoms with van der Waals surface area (Å²) in [6, 6.07) is 7.42. The summed E-state index contributed by atoms with van der Waals surface area (Å²) in [5, 5.41) is 13.6. The van der Waals surface area contributed by atoms with E-state index in [1.165, 1.54) is 4.90 Å². The number of carbonyl (C=O) groups is 1. The van der Waals surface area contributed by atoms with Crippen molar-refractivity contribution >= 4 is 5.91 Å². The molecule has 0 atom stereocenters. The molecule has 0 unspecified atom stereocenters. The first-order valence-electron chi connectivity index (χ1n) is 7.30. The minimum absolute atomic E-state index is 0.107. The van der Waals surface area contributed by atoms with Crippen molar-refractivity contribution in [3.8, 4) is 17.0 Å². The van der Waals surface area contributed by atoms with Crippen LogP contribution in [0.5, 0.6) is 5.75 Å². The molecule has 0 bridgehead atoms. The molecule has 23 heavy (non-hydrogen) atoms. The standard InChI is InChI=1S/C17H21N3O3/c1-4-9-20(10-11-21)17(22)14-12-19(2)18-16(14)13-7-5-6-8-15(13)23-3/h4-8,12,21H,1,9-11H2,2-3H3. The fraction of sp³-hybridized carbons (Fsp3) is 0.294. The molecule has 0 spiro atoms. The number of para-hydroxylation sites is 1. The molecule has 0 aliphatic carbocycles. The zero-order chi connectivity index (χ0) is 16.8. The number of methoxy groups -OCH3 is 1. The first kappa shape index (κ1) is 16.8. The number of amides is 1. The number of aryl methyl sites for hydroxylation is 1. The molecule has 122 valence electrons. The van der Waals surface area contributed by atoms with Gasteiger partial charge >= 0.3 is 0 Å². The van der Waals surface area contributed by atoms with Crippen molar-refractivity contribution in [1.82, 2.24) is 14.7 Å². The number of benzene rings is 1.